The van der Waals surface area contributed by atoms with E-state index in [1.807, 2.05) is 0 Å². The van der Waals surface area contributed by atoms with E-state index in [-0.39, 0.29) is 16.6 Å². The zero-order chi connectivity index (χ0) is 13.0. The van der Waals surface area contributed by atoms with E-state index in [2.05, 4.69) is 10.6 Å². The van der Waals surface area contributed by atoms with Gasteiger partial charge in [0.05, 0.1) is 5.56 Å². The van der Waals surface area contributed by atoms with Crippen LogP contribution in [-0.2, 0) is 4.79 Å². The highest BCUT2D eigenvalue weighted by molar-refractivity contribution is 7.80. The van der Waals surface area contributed by atoms with Gasteiger partial charge in [0.15, 0.2) is 5.11 Å². The molecule has 0 aliphatic rings. The summed E-state index contributed by atoms with van der Waals surface area (Å²) in [5, 5.41) is 14.3. The maximum Gasteiger partial charge on any atom is 0.336 e. The first-order valence-corrected chi connectivity index (χ1v) is 5.24. The third-order valence-corrected chi connectivity index (χ3v) is 2.31. The first-order valence-electron chi connectivity index (χ1n) is 4.83. The highest BCUT2D eigenvalue weighted by atomic mass is 32.1. The summed E-state index contributed by atoms with van der Waals surface area (Å²) in [6, 6.07) is 4.80. The van der Waals surface area contributed by atoms with Crippen molar-refractivity contribution in [1.29, 1.82) is 0 Å². The molecule has 0 heterocycles. The zero-order valence-electron chi connectivity index (χ0n) is 9.40. The number of amides is 1. The quantitative estimate of drug-likeness (QED) is 0.696. The van der Waals surface area contributed by atoms with Crippen molar-refractivity contribution < 1.29 is 14.7 Å². The molecule has 6 heteroatoms. The number of nitrogens with one attached hydrogen (secondary N) is 2. The maximum atomic E-state index is 10.9. The number of rotatable bonds is 2. The van der Waals surface area contributed by atoms with E-state index in [9.17, 15) is 9.59 Å². The number of carbonyl (C=O) groups excluding carboxylic acids is 1. The second-order valence-electron chi connectivity index (χ2n) is 3.42. The summed E-state index contributed by atoms with van der Waals surface area (Å²) < 4.78 is 0. The van der Waals surface area contributed by atoms with Crippen molar-refractivity contribution in [1.82, 2.24) is 5.32 Å². The highest BCUT2D eigenvalue weighted by Crippen LogP contribution is 2.18. The summed E-state index contributed by atoms with van der Waals surface area (Å²) in [6.07, 6.45) is 0. The molecule has 0 atom stereocenters. The van der Waals surface area contributed by atoms with Crippen LogP contribution in [0.1, 0.15) is 22.8 Å². The van der Waals surface area contributed by atoms with Crippen LogP contribution in [0.3, 0.4) is 0 Å². The number of aromatic carboxylic acids is 1. The molecule has 0 aromatic heterocycles. The van der Waals surface area contributed by atoms with E-state index < -0.39 is 5.97 Å². The third-order valence-electron chi connectivity index (χ3n) is 2.10. The molecule has 0 fully saturated rings. The van der Waals surface area contributed by atoms with Crippen molar-refractivity contribution in [2.24, 2.45) is 0 Å². The van der Waals surface area contributed by atoms with E-state index in [0.29, 0.717) is 11.3 Å². The molecule has 17 heavy (non-hydrogen) atoms. The maximum absolute atomic E-state index is 10.9. The van der Waals surface area contributed by atoms with E-state index in [0.717, 1.165) is 0 Å². The number of thiocarbonyl (C=S) groups is 1. The summed E-state index contributed by atoms with van der Waals surface area (Å²) in [6.45, 7) is 3.01. The summed E-state index contributed by atoms with van der Waals surface area (Å²) in [7, 11) is 0. The highest BCUT2D eigenvalue weighted by Gasteiger charge is 2.10. The topological polar surface area (TPSA) is 78.4 Å². The molecule has 0 saturated carbocycles. The van der Waals surface area contributed by atoms with Gasteiger partial charge in [-0.05, 0) is 36.8 Å². The van der Waals surface area contributed by atoms with Crippen LogP contribution >= 0.6 is 12.2 Å². The van der Waals surface area contributed by atoms with Crippen molar-refractivity contribution in [3.63, 3.8) is 0 Å². The Bertz CT molecular complexity index is 486. The number of benzene rings is 1. The fourth-order valence-corrected chi connectivity index (χ4v) is 1.57. The second kappa shape index (κ2) is 5.40. The minimum absolute atomic E-state index is 0.142. The van der Waals surface area contributed by atoms with Crippen LogP contribution < -0.4 is 10.6 Å². The molecule has 1 aromatic rings. The minimum Gasteiger partial charge on any atom is -0.478 e. The zero-order valence-corrected chi connectivity index (χ0v) is 10.2. The lowest BCUT2D eigenvalue weighted by molar-refractivity contribution is -0.117. The standard InChI is InChI=1S/C11H12N2O3S/c1-6-8(10(15)16)4-3-5-9(6)13-11(17)12-7(2)14/h3-5H,1-2H3,(H,15,16)(H2,12,13,14,17). The van der Waals surface area contributed by atoms with Crippen LogP contribution in [0.4, 0.5) is 5.69 Å². The van der Waals surface area contributed by atoms with Crippen LogP contribution in [0.25, 0.3) is 0 Å². The fourth-order valence-electron chi connectivity index (χ4n) is 1.32. The van der Waals surface area contributed by atoms with Gasteiger partial charge in [0.1, 0.15) is 0 Å². The van der Waals surface area contributed by atoms with Crippen molar-refractivity contribution >= 4 is 34.9 Å². The van der Waals surface area contributed by atoms with Crippen molar-refractivity contribution in [3.8, 4) is 0 Å². The molecule has 5 nitrogen and oxygen atoms in total. The normalized spacial score (nSPS) is 9.53. The largest absolute Gasteiger partial charge is 0.478 e. The fraction of sp³-hybridized carbons (Fsp3) is 0.182. The molecule has 1 aromatic carbocycles. The Morgan fingerprint density at radius 3 is 2.53 bits per heavy atom. The number of carboxylic acid groups (broad SMARTS) is 1. The molecule has 3 N–H and O–H groups in total. The molecule has 0 saturated heterocycles. The summed E-state index contributed by atoms with van der Waals surface area (Å²) in [5.41, 5.74) is 1.32. The molecular formula is C11H12N2O3S. The van der Waals surface area contributed by atoms with Gasteiger partial charge >= 0.3 is 5.97 Å². The SMILES string of the molecule is CC(=O)NC(=S)Nc1cccc(C(=O)O)c1C. The molecule has 0 aliphatic heterocycles. The summed E-state index contributed by atoms with van der Waals surface area (Å²) in [5.74, 6) is -1.29. The summed E-state index contributed by atoms with van der Waals surface area (Å²) >= 11 is 4.89. The lowest BCUT2D eigenvalue weighted by Crippen LogP contribution is -2.32. The molecule has 0 aliphatic carbocycles. The van der Waals surface area contributed by atoms with Crippen LogP contribution in [0.2, 0.25) is 0 Å². The van der Waals surface area contributed by atoms with Crippen molar-refractivity contribution in [3.05, 3.63) is 29.3 Å². The molecule has 1 amide bonds. The molecular weight excluding hydrogens is 240 g/mol. The molecule has 0 spiro atoms. The van der Waals surface area contributed by atoms with E-state index >= 15 is 0 Å². The van der Waals surface area contributed by atoms with Gasteiger partial charge < -0.3 is 15.7 Å². The van der Waals surface area contributed by atoms with Crippen molar-refractivity contribution in [2.75, 3.05) is 5.32 Å². The Labute approximate surface area is 104 Å². The number of carbonyl (C=O) groups is 2. The van der Waals surface area contributed by atoms with Gasteiger partial charge in [-0.25, -0.2) is 4.79 Å². The van der Waals surface area contributed by atoms with Crippen molar-refractivity contribution in [2.45, 2.75) is 13.8 Å². The van der Waals surface area contributed by atoms with Crippen LogP contribution in [0.5, 0.6) is 0 Å². The third kappa shape index (κ3) is 3.53. The Morgan fingerprint density at radius 1 is 1.35 bits per heavy atom. The Morgan fingerprint density at radius 2 is 2.00 bits per heavy atom. The molecule has 0 unspecified atom stereocenters. The minimum atomic E-state index is -1.00. The predicted molar refractivity (Wildman–Crippen MR) is 68.2 cm³/mol. The Kier molecular flexibility index (Phi) is 4.17. The van der Waals surface area contributed by atoms with Crippen LogP contribution in [0.15, 0.2) is 18.2 Å². The number of hydrogen-bond donors (Lipinski definition) is 3. The number of carboxylic acids is 1. The lowest BCUT2D eigenvalue weighted by atomic mass is 10.1. The lowest BCUT2D eigenvalue weighted by Gasteiger charge is -2.12. The van der Waals surface area contributed by atoms with E-state index in [1.165, 1.54) is 13.0 Å². The van der Waals surface area contributed by atoms with Gasteiger partial charge in [0.2, 0.25) is 5.91 Å². The monoisotopic (exact) mass is 252 g/mol. The predicted octanol–water partition coefficient (Wildman–Crippen LogP) is 1.53. The number of hydrogen-bond acceptors (Lipinski definition) is 3. The van der Waals surface area contributed by atoms with Gasteiger partial charge in [-0.1, -0.05) is 6.07 Å². The Balaban J connectivity index is 2.92. The Hall–Kier alpha value is -1.95. The smallest absolute Gasteiger partial charge is 0.336 e. The average molecular weight is 252 g/mol. The van der Waals surface area contributed by atoms with Gasteiger partial charge in [0, 0.05) is 12.6 Å². The van der Waals surface area contributed by atoms with Crippen LogP contribution in [-0.4, -0.2) is 22.1 Å². The molecule has 90 valence electrons. The molecule has 0 radical (unpaired) electrons. The second-order valence-corrected chi connectivity index (χ2v) is 3.83. The average Bonchev–Trinajstić information content (AvgIpc) is 2.19. The van der Waals surface area contributed by atoms with Gasteiger partial charge in [-0.2, -0.15) is 0 Å². The van der Waals surface area contributed by atoms with Crippen LogP contribution in [0, 0.1) is 6.92 Å². The van der Waals surface area contributed by atoms with E-state index in [4.69, 9.17) is 17.3 Å². The van der Waals surface area contributed by atoms with Gasteiger partial charge in [-0.3, -0.25) is 4.79 Å². The van der Waals surface area contributed by atoms with E-state index in [1.54, 1.807) is 19.1 Å². The molecule has 0 bridgehead atoms. The first-order chi connectivity index (χ1) is 7.91. The molecule has 1 rings (SSSR count). The van der Waals surface area contributed by atoms with Gasteiger partial charge in [0.25, 0.3) is 0 Å². The summed E-state index contributed by atoms with van der Waals surface area (Å²) in [4.78, 5) is 21.7. The van der Waals surface area contributed by atoms with Gasteiger partial charge in [-0.15, -0.1) is 0 Å². The number of anilines is 1. The first kappa shape index (κ1) is 13.1.